The van der Waals surface area contributed by atoms with Crippen molar-refractivity contribution in [1.82, 2.24) is 0 Å². The standard InChI is InChI=1S/C7H2Br2F4O/c8-3-2-6(14-7(11,12)13)4(9)1-5(3)10/h1-2H. The summed E-state index contributed by atoms with van der Waals surface area (Å²) in [4.78, 5) is 0. The van der Waals surface area contributed by atoms with Gasteiger partial charge in [0.15, 0.2) is 0 Å². The maximum absolute atomic E-state index is 12.8. The van der Waals surface area contributed by atoms with Crippen LogP contribution in [-0.4, -0.2) is 6.36 Å². The molecule has 0 atom stereocenters. The predicted octanol–water partition coefficient (Wildman–Crippen LogP) is 4.25. The topological polar surface area (TPSA) is 9.23 Å². The summed E-state index contributed by atoms with van der Waals surface area (Å²) in [7, 11) is 0. The molecule has 0 spiro atoms. The molecule has 0 heterocycles. The van der Waals surface area contributed by atoms with Crippen LogP contribution in [0.3, 0.4) is 0 Å². The molecule has 0 saturated heterocycles. The number of rotatable bonds is 1. The third-order valence-electron chi connectivity index (χ3n) is 1.20. The molecule has 1 rings (SSSR count). The molecule has 0 radical (unpaired) electrons. The van der Waals surface area contributed by atoms with E-state index in [1.807, 2.05) is 0 Å². The molecular formula is C7H2Br2F4O. The lowest BCUT2D eigenvalue weighted by Crippen LogP contribution is -2.17. The number of ether oxygens (including phenoxy) is 1. The van der Waals surface area contributed by atoms with Crippen LogP contribution in [0.25, 0.3) is 0 Å². The highest BCUT2D eigenvalue weighted by Crippen LogP contribution is 2.34. The van der Waals surface area contributed by atoms with Crippen LogP contribution in [-0.2, 0) is 0 Å². The van der Waals surface area contributed by atoms with Gasteiger partial charge in [0.25, 0.3) is 0 Å². The molecule has 0 N–H and O–H groups in total. The summed E-state index contributed by atoms with van der Waals surface area (Å²) in [5.74, 6) is -1.17. The van der Waals surface area contributed by atoms with Gasteiger partial charge < -0.3 is 4.74 Å². The Morgan fingerprint density at radius 1 is 1.07 bits per heavy atom. The van der Waals surface area contributed by atoms with E-state index in [2.05, 4.69) is 36.6 Å². The molecule has 0 aliphatic carbocycles. The third-order valence-corrected chi connectivity index (χ3v) is 2.43. The average Bonchev–Trinajstić information content (AvgIpc) is 1.97. The van der Waals surface area contributed by atoms with Crippen LogP contribution in [0.5, 0.6) is 5.75 Å². The highest BCUT2D eigenvalue weighted by Gasteiger charge is 2.32. The van der Waals surface area contributed by atoms with E-state index in [1.54, 1.807) is 0 Å². The van der Waals surface area contributed by atoms with Crippen LogP contribution in [0.15, 0.2) is 21.1 Å². The predicted molar refractivity (Wildman–Crippen MR) is 48.5 cm³/mol. The first-order chi connectivity index (χ1) is 6.29. The number of hydrogen-bond donors (Lipinski definition) is 0. The molecule has 0 unspecified atom stereocenters. The van der Waals surface area contributed by atoms with Crippen molar-refractivity contribution in [3.05, 3.63) is 26.9 Å². The van der Waals surface area contributed by atoms with Gasteiger partial charge in [-0.1, -0.05) is 0 Å². The molecule has 0 fully saturated rings. The fourth-order valence-electron chi connectivity index (χ4n) is 0.707. The van der Waals surface area contributed by atoms with Crippen molar-refractivity contribution in [3.63, 3.8) is 0 Å². The van der Waals surface area contributed by atoms with Gasteiger partial charge in [-0.2, -0.15) is 0 Å². The van der Waals surface area contributed by atoms with Crippen molar-refractivity contribution in [2.24, 2.45) is 0 Å². The van der Waals surface area contributed by atoms with Gasteiger partial charge in [0.05, 0.1) is 8.95 Å². The van der Waals surface area contributed by atoms with Crippen LogP contribution in [0.4, 0.5) is 17.6 Å². The first kappa shape index (κ1) is 11.8. The molecule has 0 amide bonds. The van der Waals surface area contributed by atoms with Gasteiger partial charge in [-0.05, 0) is 44.0 Å². The zero-order chi connectivity index (χ0) is 10.9. The van der Waals surface area contributed by atoms with Gasteiger partial charge in [0.1, 0.15) is 11.6 Å². The molecule has 14 heavy (non-hydrogen) atoms. The van der Waals surface area contributed by atoms with Crippen molar-refractivity contribution in [1.29, 1.82) is 0 Å². The quantitative estimate of drug-likeness (QED) is 0.550. The fourth-order valence-corrected chi connectivity index (χ4v) is 1.43. The SMILES string of the molecule is Fc1cc(Br)c(OC(F)(F)F)cc1Br. The van der Waals surface area contributed by atoms with Crippen LogP contribution in [0.1, 0.15) is 0 Å². The Labute approximate surface area is 93.3 Å². The first-order valence-electron chi connectivity index (χ1n) is 3.20. The molecule has 0 aliphatic heterocycles. The summed E-state index contributed by atoms with van der Waals surface area (Å²) in [5.41, 5.74) is 0. The number of alkyl halides is 3. The zero-order valence-corrected chi connectivity index (χ0v) is 9.50. The molecular weight excluding hydrogens is 336 g/mol. The maximum atomic E-state index is 12.8. The molecule has 78 valence electrons. The number of hydrogen-bond acceptors (Lipinski definition) is 1. The summed E-state index contributed by atoms with van der Waals surface area (Å²) >= 11 is 5.49. The largest absolute Gasteiger partial charge is 0.573 e. The molecule has 1 nitrogen and oxygen atoms in total. The summed E-state index contributed by atoms with van der Waals surface area (Å²) in [6.45, 7) is 0. The smallest absolute Gasteiger partial charge is 0.405 e. The van der Waals surface area contributed by atoms with Crippen LogP contribution >= 0.6 is 31.9 Å². The van der Waals surface area contributed by atoms with Crippen molar-refractivity contribution in [2.75, 3.05) is 0 Å². The second-order valence-corrected chi connectivity index (χ2v) is 3.95. The molecule has 1 aromatic rings. The molecule has 0 aliphatic rings. The summed E-state index contributed by atoms with van der Waals surface area (Å²) in [6.07, 6.45) is -4.79. The van der Waals surface area contributed by atoms with Gasteiger partial charge in [-0.25, -0.2) is 4.39 Å². The minimum absolute atomic E-state index is 0.0973. The molecule has 7 heteroatoms. The summed E-state index contributed by atoms with van der Waals surface area (Å²) < 4.78 is 51.6. The van der Waals surface area contributed by atoms with Gasteiger partial charge in [-0.15, -0.1) is 13.2 Å². The van der Waals surface area contributed by atoms with Crippen LogP contribution < -0.4 is 4.74 Å². The minimum atomic E-state index is -4.79. The first-order valence-corrected chi connectivity index (χ1v) is 4.78. The lowest BCUT2D eigenvalue weighted by atomic mass is 10.3. The second-order valence-electron chi connectivity index (χ2n) is 2.24. The van der Waals surface area contributed by atoms with E-state index < -0.39 is 17.9 Å². The van der Waals surface area contributed by atoms with Crippen LogP contribution in [0, 0.1) is 5.82 Å². The second kappa shape index (κ2) is 4.06. The van der Waals surface area contributed by atoms with E-state index in [9.17, 15) is 17.6 Å². The number of benzene rings is 1. The highest BCUT2D eigenvalue weighted by molar-refractivity contribution is 9.11. The summed E-state index contributed by atoms with van der Waals surface area (Å²) in [6, 6.07) is 1.78. The van der Waals surface area contributed by atoms with Crippen molar-refractivity contribution < 1.29 is 22.3 Å². The normalized spacial score (nSPS) is 11.6. The zero-order valence-electron chi connectivity index (χ0n) is 6.33. The Morgan fingerprint density at radius 3 is 2.14 bits per heavy atom. The van der Waals surface area contributed by atoms with E-state index in [0.29, 0.717) is 0 Å². The Morgan fingerprint density at radius 2 is 1.64 bits per heavy atom. The Bertz CT molecular complexity index is 350. The molecule has 0 saturated carbocycles. The van der Waals surface area contributed by atoms with E-state index in [-0.39, 0.29) is 8.95 Å². The maximum Gasteiger partial charge on any atom is 0.573 e. The fraction of sp³-hybridized carbons (Fsp3) is 0.143. The monoisotopic (exact) mass is 336 g/mol. The molecule has 0 bridgehead atoms. The van der Waals surface area contributed by atoms with E-state index in [4.69, 9.17) is 0 Å². The average molecular weight is 338 g/mol. The van der Waals surface area contributed by atoms with Gasteiger partial charge in [0.2, 0.25) is 0 Å². The van der Waals surface area contributed by atoms with Crippen molar-refractivity contribution >= 4 is 31.9 Å². The Balaban J connectivity index is 3.04. The van der Waals surface area contributed by atoms with Crippen LogP contribution in [0.2, 0.25) is 0 Å². The number of halogens is 6. The van der Waals surface area contributed by atoms with Crippen molar-refractivity contribution in [3.8, 4) is 5.75 Å². The molecule has 1 aromatic carbocycles. The lowest BCUT2D eigenvalue weighted by molar-refractivity contribution is -0.274. The van der Waals surface area contributed by atoms with E-state index >= 15 is 0 Å². The van der Waals surface area contributed by atoms with Gasteiger partial charge in [-0.3, -0.25) is 0 Å². The minimum Gasteiger partial charge on any atom is -0.405 e. The molecule has 0 aromatic heterocycles. The third kappa shape index (κ3) is 3.13. The van der Waals surface area contributed by atoms with Crippen molar-refractivity contribution in [2.45, 2.75) is 6.36 Å². The van der Waals surface area contributed by atoms with E-state index in [0.717, 1.165) is 12.1 Å². The summed E-state index contributed by atoms with van der Waals surface area (Å²) in [5, 5.41) is 0. The highest BCUT2D eigenvalue weighted by atomic mass is 79.9. The Kier molecular flexibility index (Phi) is 3.41. The van der Waals surface area contributed by atoms with Gasteiger partial charge >= 0.3 is 6.36 Å². The Hall–Kier alpha value is -0.300. The van der Waals surface area contributed by atoms with E-state index in [1.165, 1.54) is 0 Å². The van der Waals surface area contributed by atoms with Gasteiger partial charge in [0, 0.05) is 0 Å². The lowest BCUT2D eigenvalue weighted by Gasteiger charge is -2.10.